The summed E-state index contributed by atoms with van der Waals surface area (Å²) in [5.74, 6) is 0.745. The van der Waals surface area contributed by atoms with Crippen molar-refractivity contribution in [1.82, 2.24) is 0 Å². The predicted molar refractivity (Wildman–Crippen MR) is 143 cm³/mol. The lowest BCUT2D eigenvalue weighted by molar-refractivity contribution is 0.0497. The molecule has 1 heterocycles. The third-order valence-electron chi connectivity index (χ3n) is 6.43. The van der Waals surface area contributed by atoms with Gasteiger partial charge in [-0.2, -0.15) is 0 Å². The summed E-state index contributed by atoms with van der Waals surface area (Å²) in [5.41, 5.74) is 2.74. The number of esters is 1. The molecule has 0 atom stereocenters. The summed E-state index contributed by atoms with van der Waals surface area (Å²) in [5, 5.41) is 3.27. The SMILES string of the molecule is CCCCCCCCCCCCCCCCOC(=O)c1ccc(NC=C2CC=C(C)OC2)cc1. The zero-order valence-corrected chi connectivity index (χ0v) is 21.7. The van der Waals surface area contributed by atoms with E-state index in [1.165, 1.54) is 82.6 Å². The Hall–Kier alpha value is -2.23. The third-order valence-corrected chi connectivity index (χ3v) is 6.43. The number of carbonyl (C=O) groups excluding carboxylic acids is 1. The van der Waals surface area contributed by atoms with Crippen molar-refractivity contribution in [2.45, 2.75) is 110 Å². The van der Waals surface area contributed by atoms with Gasteiger partial charge in [-0.25, -0.2) is 4.79 Å². The van der Waals surface area contributed by atoms with Gasteiger partial charge in [0.15, 0.2) is 0 Å². The average Bonchev–Trinajstić information content (AvgIpc) is 2.86. The zero-order valence-electron chi connectivity index (χ0n) is 21.7. The van der Waals surface area contributed by atoms with Gasteiger partial charge >= 0.3 is 5.97 Å². The Morgan fingerprint density at radius 3 is 1.97 bits per heavy atom. The standard InChI is InChI=1S/C30H47NO3/c1-3-4-5-6-7-8-9-10-11-12-13-14-15-16-23-33-30(32)28-19-21-29(22-20-28)31-24-27-18-17-26(2)34-25-27/h17,19-22,24,31H,3-16,18,23,25H2,1-2H3. The van der Waals surface area contributed by atoms with Crippen molar-refractivity contribution in [3.05, 3.63) is 53.4 Å². The fourth-order valence-corrected chi connectivity index (χ4v) is 4.13. The van der Waals surface area contributed by atoms with Crippen molar-refractivity contribution in [3.8, 4) is 0 Å². The topological polar surface area (TPSA) is 47.6 Å². The molecule has 1 aromatic carbocycles. The molecule has 0 amide bonds. The van der Waals surface area contributed by atoms with Crippen LogP contribution in [0.3, 0.4) is 0 Å². The molecule has 34 heavy (non-hydrogen) atoms. The predicted octanol–water partition coefficient (Wildman–Crippen LogP) is 8.94. The second-order valence-corrected chi connectivity index (χ2v) is 9.56. The molecule has 1 N–H and O–H groups in total. The summed E-state index contributed by atoms with van der Waals surface area (Å²) in [4.78, 5) is 12.2. The number of hydrogen-bond donors (Lipinski definition) is 1. The fraction of sp³-hybridized carbons (Fsp3) is 0.633. The molecule has 0 bridgehead atoms. The number of benzene rings is 1. The summed E-state index contributed by atoms with van der Waals surface area (Å²) in [6, 6.07) is 7.45. The maximum Gasteiger partial charge on any atom is 0.338 e. The Kier molecular flexibility index (Phi) is 14.9. The van der Waals surface area contributed by atoms with Crippen LogP contribution in [0.25, 0.3) is 0 Å². The normalized spacial score (nSPS) is 14.5. The maximum atomic E-state index is 12.2. The maximum absolute atomic E-state index is 12.2. The lowest BCUT2D eigenvalue weighted by Crippen LogP contribution is -2.07. The van der Waals surface area contributed by atoms with Crippen LogP contribution in [0.15, 0.2) is 47.9 Å². The molecule has 0 spiro atoms. The minimum atomic E-state index is -0.235. The number of nitrogens with one attached hydrogen (secondary N) is 1. The van der Waals surface area contributed by atoms with E-state index in [-0.39, 0.29) is 5.97 Å². The highest BCUT2D eigenvalue weighted by molar-refractivity contribution is 5.89. The zero-order chi connectivity index (χ0) is 24.3. The monoisotopic (exact) mass is 469 g/mol. The molecular weight excluding hydrogens is 422 g/mol. The lowest BCUT2D eigenvalue weighted by atomic mass is 10.0. The van der Waals surface area contributed by atoms with E-state index in [2.05, 4.69) is 18.3 Å². The molecule has 0 aliphatic carbocycles. The fourth-order valence-electron chi connectivity index (χ4n) is 4.13. The van der Waals surface area contributed by atoms with Gasteiger partial charge in [0.25, 0.3) is 0 Å². The van der Waals surface area contributed by atoms with Crippen LogP contribution in [-0.2, 0) is 9.47 Å². The minimum Gasteiger partial charge on any atom is -0.494 e. The van der Waals surface area contributed by atoms with Crippen molar-refractivity contribution in [2.24, 2.45) is 0 Å². The van der Waals surface area contributed by atoms with Gasteiger partial charge in [-0.3, -0.25) is 0 Å². The van der Waals surface area contributed by atoms with Gasteiger partial charge in [-0.05, 0) is 55.7 Å². The Balaban J connectivity index is 1.44. The quantitative estimate of drug-likeness (QED) is 0.172. The Morgan fingerprint density at radius 1 is 0.882 bits per heavy atom. The van der Waals surface area contributed by atoms with Crippen LogP contribution in [0.5, 0.6) is 0 Å². The molecule has 4 nitrogen and oxygen atoms in total. The van der Waals surface area contributed by atoms with E-state index in [4.69, 9.17) is 9.47 Å². The molecule has 0 radical (unpaired) electrons. The highest BCUT2D eigenvalue weighted by Gasteiger charge is 2.07. The smallest absolute Gasteiger partial charge is 0.338 e. The number of rotatable bonds is 18. The number of anilines is 1. The number of carbonyl (C=O) groups is 1. The van der Waals surface area contributed by atoms with Crippen molar-refractivity contribution >= 4 is 11.7 Å². The summed E-state index contributed by atoms with van der Waals surface area (Å²) in [6.45, 7) is 5.38. The molecule has 0 fully saturated rings. The van der Waals surface area contributed by atoms with Gasteiger partial charge < -0.3 is 14.8 Å². The molecule has 190 valence electrons. The molecule has 0 unspecified atom stereocenters. The van der Waals surface area contributed by atoms with Gasteiger partial charge in [-0.15, -0.1) is 0 Å². The first kappa shape index (κ1) is 28.0. The van der Waals surface area contributed by atoms with Crippen molar-refractivity contribution in [1.29, 1.82) is 0 Å². The average molecular weight is 470 g/mol. The van der Waals surface area contributed by atoms with E-state index in [1.807, 2.05) is 37.4 Å². The highest BCUT2D eigenvalue weighted by atomic mass is 16.5. The van der Waals surface area contributed by atoms with Crippen LogP contribution >= 0.6 is 0 Å². The van der Waals surface area contributed by atoms with Crippen LogP contribution in [0.1, 0.15) is 121 Å². The first-order valence-electron chi connectivity index (χ1n) is 13.7. The molecule has 1 aromatic rings. The van der Waals surface area contributed by atoms with E-state index < -0.39 is 0 Å². The second kappa shape index (κ2) is 18.1. The van der Waals surface area contributed by atoms with Crippen molar-refractivity contribution in [3.63, 3.8) is 0 Å². The van der Waals surface area contributed by atoms with Crippen LogP contribution in [-0.4, -0.2) is 19.2 Å². The molecule has 1 aliphatic heterocycles. The Morgan fingerprint density at radius 2 is 1.44 bits per heavy atom. The molecular formula is C30H47NO3. The summed E-state index contributed by atoms with van der Waals surface area (Å²) in [7, 11) is 0. The molecule has 0 saturated heterocycles. The molecule has 2 rings (SSSR count). The van der Waals surface area contributed by atoms with Crippen LogP contribution < -0.4 is 5.32 Å². The van der Waals surface area contributed by atoms with E-state index in [0.29, 0.717) is 18.8 Å². The summed E-state index contributed by atoms with van der Waals surface area (Å²) >= 11 is 0. The van der Waals surface area contributed by atoms with Gasteiger partial charge in [0.2, 0.25) is 0 Å². The van der Waals surface area contributed by atoms with Gasteiger partial charge in [0.1, 0.15) is 6.61 Å². The highest BCUT2D eigenvalue weighted by Crippen LogP contribution is 2.17. The molecule has 0 saturated carbocycles. The number of hydrogen-bond acceptors (Lipinski definition) is 4. The summed E-state index contributed by atoms with van der Waals surface area (Å²) in [6.07, 6.45) is 23.5. The third kappa shape index (κ3) is 12.9. The Bertz CT molecular complexity index is 736. The van der Waals surface area contributed by atoms with Crippen molar-refractivity contribution < 1.29 is 14.3 Å². The second-order valence-electron chi connectivity index (χ2n) is 9.56. The van der Waals surface area contributed by atoms with E-state index >= 15 is 0 Å². The van der Waals surface area contributed by atoms with Crippen LogP contribution in [0.4, 0.5) is 5.69 Å². The first-order valence-corrected chi connectivity index (χ1v) is 13.7. The molecule has 4 heteroatoms. The van der Waals surface area contributed by atoms with E-state index in [9.17, 15) is 4.79 Å². The summed E-state index contributed by atoms with van der Waals surface area (Å²) < 4.78 is 11.0. The van der Waals surface area contributed by atoms with Crippen LogP contribution in [0, 0.1) is 0 Å². The first-order chi connectivity index (χ1) is 16.7. The number of unbranched alkanes of at least 4 members (excludes halogenated alkanes) is 13. The van der Waals surface area contributed by atoms with Gasteiger partial charge in [0, 0.05) is 11.9 Å². The van der Waals surface area contributed by atoms with Crippen molar-refractivity contribution in [2.75, 3.05) is 18.5 Å². The van der Waals surface area contributed by atoms with E-state index in [0.717, 1.165) is 30.7 Å². The molecule has 0 aromatic heterocycles. The van der Waals surface area contributed by atoms with Gasteiger partial charge in [-0.1, -0.05) is 90.4 Å². The molecule has 1 aliphatic rings. The minimum absolute atomic E-state index is 0.235. The number of allylic oxidation sites excluding steroid dienone is 2. The van der Waals surface area contributed by atoms with E-state index in [1.54, 1.807) is 0 Å². The lowest BCUT2D eigenvalue weighted by Gasteiger charge is -2.15. The van der Waals surface area contributed by atoms with Crippen LogP contribution in [0.2, 0.25) is 0 Å². The van der Waals surface area contributed by atoms with Gasteiger partial charge in [0.05, 0.1) is 17.9 Å². The largest absolute Gasteiger partial charge is 0.494 e. The number of ether oxygens (including phenoxy) is 2. The Labute approximate surface area is 208 Å².